The SMILES string of the molecule is CN(C(=O)/C(=C\c1ccc(-c2ccc(Br)c(Cl)c2)s1)NC=S)C(C=O)Cc1ccccc1. The van der Waals surface area contributed by atoms with E-state index in [-0.39, 0.29) is 5.91 Å². The summed E-state index contributed by atoms with van der Waals surface area (Å²) in [4.78, 5) is 28.2. The lowest BCUT2D eigenvalue weighted by Gasteiger charge is -2.25. The van der Waals surface area contributed by atoms with Crippen LogP contribution in [0.2, 0.25) is 5.02 Å². The number of hydrogen-bond acceptors (Lipinski definition) is 4. The van der Waals surface area contributed by atoms with Crippen molar-refractivity contribution in [3.63, 3.8) is 0 Å². The van der Waals surface area contributed by atoms with E-state index in [9.17, 15) is 9.59 Å². The minimum Gasteiger partial charge on any atom is -0.348 e. The molecular weight excluding hydrogens is 528 g/mol. The van der Waals surface area contributed by atoms with Crippen molar-refractivity contribution in [1.82, 2.24) is 10.2 Å². The van der Waals surface area contributed by atoms with E-state index in [0.717, 1.165) is 31.6 Å². The zero-order valence-corrected chi connectivity index (χ0v) is 21.1. The first-order valence-electron chi connectivity index (χ1n) is 9.66. The quantitative estimate of drug-likeness (QED) is 0.203. The second-order valence-corrected chi connectivity index (χ2v) is 9.57. The van der Waals surface area contributed by atoms with Crippen molar-refractivity contribution < 1.29 is 9.59 Å². The van der Waals surface area contributed by atoms with Gasteiger partial charge in [0.1, 0.15) is 12.0 Å². The Morgan fingerprint density at radius 2 is 1.97 bits per heavy atom. The van der Waals surface area contributed by atoms with Gasteiger partial charge in [-0.25, -0.2) is 0 Å². The number of thiocarbonyl (C=S) groups is 1. The van der Waals surface area contributed by atoms with Crippen LogP contribution in [-0.2, 0) is 16.0 Å². The highest BCUT2D eigenvalue weighted by atomic mass is 79.9. The average Bonchev–Trinajstić information content (AvgIpc) is 3.27. The highest BCUT2D eigenvalue weighted by molar-refractivity contribution is 9.10. The summed E-state index contributed by atoms with van der Waals surface area (Å²) in [6, 6.07) is 18.7. The van der Waals surface area contributed by atoms with Crippen LogP contribution in [0, 0.1) is 0 Å². The minimum absolute atomic E-state index is 0.296. The highest BCUT2D eigenvalue weighted by Crippen LogP contribution is 2.33. The molecule has 0 bridgehead atoms. The van der Waals surface area contributed by atoms with Gasteiger partial charge in [-0.15, -0.1) is 11.3 Å². The molecule has 1 N–H and O–H groups in total. The number of nitrogens with zero attached hydrogens (tertiary/aromatic N) is 1. The van der Waals surface area contributed by atoms with Crippen LogP contribution in [0.5, 0.6) is 0 Å². The van der Waals surface area contributed by atoms with Crippen molar-refractivity contribution in [2.24, 2.45) is 0 Å². The maximum absolute atomic E-state index is 13.1. The van der Waals surface area contributed by atoms with Gasteiger partial charge in [0.2, 0.25) is 0 Å². The molecule has 164 valence electrons. The molecule has 0 aliphatic rings. The molecule has 1 heterocycles. The summed E-state index contributed by atoms with van der Waals surface area (Å²) in [5.41, 5.74) is 3.55. The van der Waals surface area contributed by atoms with Crippen LogP contribution in [0.15, 0.2) is 70.8 Å². The van der Waals surface area contributed by atoms with Crippen LogP contribution < -0.4 is 5.32 Å². The number of thiophene rings is 1. The number of halogens is 2. The van der Waals surface area contributed by atoms with Crippen molar-refractivity contribution in [3.05, 3.63) is 86.3 Å². The van der Waals surface area contributed by atoms with E-state index in [1.54, 1.807) is 13.1 Å². The summed E-state index contributed by atoms with van der Waals surface area (Å²) in [6.45, 7) is 0. The van der Waals surface area contributed by atoms with Gasteiger partial charge in [0.05, 0.1) is 16.6 Å². The van der Waals surface area contributed by atoms with Crippen molar-refractivity contribution in [1.29, 1.82) is 0 Å². The van der Waals surface area contributed by atoms with Crippen LogP contribution >= 0.6 is 51.1 Å². The molecule has 3 aromatic rings. The van der Waals surface area contributed by atoms with Gasteiger partial charge in [-0.05, 0) is 63.8 Å². The predicted molar refractivity (Wildman–Crippen MR) is 140 cm³/mol. The zero-order valence-electron chi connectivity index (χ0n) is 17.1. The second kappa shape index (κ2) is 11.5. The maximum atomic E-state index is 13.1. The fourth-order valence-corrected chi connectivity index (χ4v) is 4.58. The molecule has 0 saturated carbocycles. The van der Waals surface area contributed by atoms with Gasteiger partial charge in [-0.1, -0.05) is 60.2 Å². The van der Waals surface area contributed by atoms with Gasteiger partial charge in [-0.3, -0.25) is 4.79 Å². The Hall–Kier alpha value is -2.32. The van der Waals surface area contributed by atoms with Crippen molar-refractivity contribution >= 4 is 74.8 Å². The number of aldehydes is 1. The molecule has 0 aliphatic carbocycles. The van der Waals surface area contributed by atoms with Crippen LogP contribution in [0.25, 0.3) is 16.5 Å². The number of benzene rings is 2. The summed E-state index contributed by atoms with van der Waals surface area (Å²) < 4.78 is 0.834. The number of likely N-dealkylation sites (N-methyl/N-ethyl adjacent to an activating group) is 1. The monoisotopic (exact) mass is 546 g/mol. The minimum atomic E-state index is -0.593. The number of nitrogens with one attached hydrogen (secondary N) is 1. The number of hydrogen-bond donors (Lipinski definition) is 1. The first kappa shape index (κ1) is 24.3. The molecule has 0 fully saturated rings. The standard InChI is InChI=1S/C24H20BrClN2O2S2/c1-28(18(14-29)11-16-5-3-2-4-6-16)24(30)22(27-15-31)13-19-8-10-23(32-19)17-7-9-20(25)21(26)12-17/h2-10,12-15,18H,11H2,1H3,(H,27,31)/b22-13+. The molecule has 0 saturated heterocycles. The molecule has 1 amide bonds. The van der Waals surface area contributed by atoms with Crippen LogP contribution in [0.3, 0.4) is 0 Å². The van der Waals surface area contributed by atoms with Gasteiger partial charge >= 0.3 is 0 Å². The summed E-state index contributed by atoms with van der Waals surface area (Å²) in [6.07, 6.45) is 2.96. The Bertz CT molecular complexity index is 1150. The van der Waals surface area contributed by atoms with E-state index in [1.807, 2.05) is 60.7 Å². The van der Waals surface area contributed by atoms with Crippen molar-refractivity contribution in [2.45, 2.75) is 12.5 Å². The molecule has 1 atom stereocenters. The van der Waals surface area contributed by atoms with Gasteiger partial charge < -0.3 is 15.0 Å². The largest absolute Gasteiger partial charge is 0.348 e. The van der Waals surface area contributed by atoms with E-state index >= 15 is 0 Å². The highest BCUT2D eigenvalue weighted by Gasteiger charge is 2.23. The smallest absolute Gasteiger partial charge is 0.270 e. The van der Waals surface area contributed by atoms with E-state index in [2.05, 4.69) is 21.2 Å². The van der Waals surface area contributed by atoms with E-state index in [1.165, 1.54) is 21.7 Å². The molecule has 8 heteroatoms. The lowest BCUT2D eigenvalue weighted by molar-refractivity contribution is -0.131. The molecule has 0 aliphatic heterocycles. The average molecular weight is 548 g/mol. The fraction of sp³-hybridized carbons (Fsp3) is 0.125. The van der Waals surface area contributed by atoms with Crippen LogP contribution in [0.4, 0.5) is 0 Å². The van der Waals surface area contributed by atoms with Gasteiger partial charge in [-0.2, -0.15) is 0 Å². The molecule has 1 aromatic heterocycles. The van der Waals surface area contributed by atoms with Gasteiger partial charge in [0, 0.05) is 21.3 Å². The molecule has 0 radical (unpaired) electrons. The fourth-order valence-electron chi connectivity index (χ4n) is 3.08. The van der Waals surface area contributed by atoms with E-state index in [4.69, 9.17) is 23.8 Å². The van der Waals surface area contributed by atoms with E-state index < -0.39 is 6.04 Å². The Labute approximate surface area is 210 Å². The Morgan fingerprint density at radius 1 is 1.22 bits per heavy atom. The van der Waals surface area contributed by atoms with Crippen LogP contribution in [0.1, 0.15) is 10.4 Å². The van der Waals surface area contributed by atoms with Crippen molar-refractivity contribution in [2.75, 3.05) is 7.05 Å². The lowest BCUT2D eigenvalue weighted by atomic mass is 10.1. The maximum Gasteiger partial charge on any atom is 0.270 e. The third-order valence-electron chi connectivity index (χ3n) is 4.82. The normalized spacial score (nSPS) is 12.2. The number of carbonyl (C=O) groups is 2. The second-order valence-electron chi connectivity index (χ2n) is 6.96. The Balaban J connectivity index is 1.82. The summed E-state index contributed by atoms with van der Waals surface area (Å²) in [5, 5.41) is 3.47. The molecular formula is C24H20BrClN2O2S2. The zero-order chi connectivity index (χ0) is 23.1. The number of amides is 1. The summed E-state index contributed by atoms with van der Waals surface area (Å²) in [5.74, 6) is -0.319. The molecule has 0 spiro atoms. The first-order valence-corrected chi connectivity index (χ1v) is 12.1. The number of rotatable bonds is 9. The predicted octanol–water partition coefficient (Wildman–Crippen LogP) is 5.99. The number of carbonyl (C=O) groups excluding carboxylic acids is 2. The third-order valence-corrected chi connectivity index (χ3v) is 7.26. The molecule has 4 nitrogen and oxygen atoms in total. The van der Waals surface area contributed by atoms with Crippen molar-refractivity contribution in [3.8, 4) is 10.4 Å². The third kappa shape index (κ3) is 6.13. The van der Waals surface area contributed by atoms with Gasteiger partial charge in [0.25, 0.3) is 5.91 Å². The Morgan fingerprint density at radius 3 is 2.62 bits per heavy atom. The Kier molecular flexibility index (Phi) is 8.75. The molecule has 2 aromatic carbocycles. The van der Waals surface area contributed by atoms with E-state index in [0.29, 0.717) is 17.1 Å². The van der Waals surface area contributed by atoms with Crippen LogP contribution in [-0.4, -0.2) is 35.7 Å². The molecule has 3 rings (SSSR count). The molecule has 32 heavy (non-hydrogen) atoms. The summed E-state index contributed by atoms with van der Waals surface area (Å²) >= 11 is 16.1. The van der Waals surface area contributed by atoms with Gasteiger partial charge in [0.15, 0.2) is 0 Å². The molecule has 1 unspecified atom stereocenters. The lowest BCUT2D eigenvalue weighted by Crippen LogP contribution is -2.42. The summed E-state index contributed by atoms with van der Waals surface area (Å²) in [7, 11) is 1.62. The first-order chi connectivity index (χ1) is 15.4. The topological polar surface area (TPSA) is 49.4 Å².